The minimum atomic E-state index is -0.415. The number of phenolic OH excluding ortho intramolecular Hbond substituents is 1. The van der Waals surface area contributed by atoms with Crippen molar-refractivity contribution in [2.45, 2.75) is 0 Å². The van der Waals surface area contributed by atoms with E-state index in [4.69, 9.17) is 11.6 Å². The fourth-order valence-electron chi connectivity index (χ4n) is 2.13. The fourth-order valence-corrected chi connectivity index (χ4v) is 2.37. The summed E-state index contributed by atoms with van der Waals surface area (Å²) < 4.78 is 13.0. The molecule has 0 fully saturated rings. The number of carbonyl (C=O) groups excluding carboxylic acids is 1. The molecule has 1 aromatic heterocycles. The van der Waals surface area contributed by atoms with E-state index < -0.39 is 5.82 Å². The smallest absolute Gasteiger partial charge is 0.195 e. The number of hydrogen-bond donors (Lipinski definition) is 1. The van der Waals surface area contributed by atoms with Gasteiger partial charge in [-0.3, -0.25) is 9.78 Å². The Morgan fingerprint density at radius 2 is 1.86 bits per heavy atom. The van der Waals surface area contributed by atoms with Gasteiger partial charge >= 0.3 is 0 Å². The van der Waals surface area contributed by atoms with Gasteiger partial charge in [0.1, 0.15) is 11.6 Å². The summed E-state index contributed by atoms with van der Waals surface area (Å²) in [6, 6.07) is 9.74. The Hall–Kier alpha value is -2.46. The van der Waals surface area contributed by atoms with Crippen LogP contribution in [0.15, 0.2) is 48.7 Å². The van der Waals surface area contributed by atoms with Gasteiger partial charge in [0.15, 0.2) is 5.78 Å². The standard InChI is InChI=1S/C16H9ClFNO2/c17-13-8-19-14-7-11(20)5-6-12(14)15(13)16(21)9-1-3-10(18)4-2-9/h1-8,20H. The molecule has 1 N–H and O–H groups in total. The number of halogens is 2. The highest BCUT2D eigenvalue weighted by Crippen LogP contribution is 2.28. The summed E-state index contributed by atoms with van der Waals surface area (Å²) in [6.45, 7) is 0. The quantitative estimate of drug-likeness (QED) is 0.729. The van der Waals surface area contributed by atoms with E-state index in [0.717, 1.165) is 0 Å². The number of hydrogen-bond acceptors (Lipinski definition) is 3. The number of fused-ring (bicyclic) bond motifs is 1. The molecule has 0 aliphatic carbocycles. The number of ketones is 1. The maximum atomic E-state index is 13.0. The van der Waals surface area contributed by atoms with Gasteiger partial charge in [-0.15, -0.1) is 0 Å². The fraction of sp³-hybridized carbons (Fsp3) is 0. The predicted molar refractivity (Wildman–Crippen MR) is 78.3 cm³/mol. The van der Waals surface area contributed by atoms with E-state index in [9.17, 15) is 14.3 Å². The van der Waals surface area contributed by atoms with Crippen molar-refractivity contribution >= 4 is 28.3 Å². The molecular weight excluding hydrogens is 293 g/mol. The molecule has 3 nitrogen and oxygen atoms in total. The Kier molecular flexibility index (Phi) is 3.31. The molecule has 0 amide bonds. The lowest BCUT2D eigenvalue weighted by Gasteiger charge is -2.08. The largest absolute Gasteiger partial charge is 0.508 e. The second-order valence-corrected chi connectivity index (χ2v) is 4.93. The lowest BCUT2D eigenvalue weighted by Crippen LogP contribution is -2.04. The maximum absolute atomic E-state index is 13.0. The normalized spacial score (nSPS) is 10.8. The van der Waals surface area contributed by atoms with Crippen LogP contribution in [0.1, 0.15) is 15.9 Å². The van der Waals surface area contributed by atoms with Crippen LogP contribution in [-0.4, -0.2) is 15.9 Å². The van der Waals surface area contributed by atoms with Crippen LogP contribution in [0.3, 0.4) is 0 Å². The number of carbonyl (C=O) groups is 1. The number of benzene rings is 2. The Morgan fingerprint density at radius 1 is 1.14 bits per heavy atom. The number of nitrogens with zero attached hydrogens (tertiary/aromatic N) is 1. The molecule has 0 atom stereocenters. The summed E-state index contributed by atoms with van der Waals surface area (Å²) in [6.07, 6.45) is 1.36. The molecule has 0 aliphatic rings. The Balaban J connectivity index is 2.21. The van der Waals surface area contributed by atoms with Gasteiger partial charge < -0.3 is 5.11 Å². The van der Waals surface area contributed by atoms with E-state index in [1.165, 1.54) is 42.6 Å². The molecule has 21 heavy (non-hydrogen) atoms. The lowest BCUT2D eigenvalue weighted by molar-refractivity contribution is 0.104. The van der Waals surface area contributed by atoms with Gasteiger partial charge in [-0.05, 0) is 36.4 Å². The zero-order chi connectivity index (χ0) is 15.0. The third-order valence-corrected chi connectivity index (χ3v) is 3.43. The van der Waals surface area contributed by atoms with Crippen molar-refractivity contribution in [2.24, 2.45) is 0 Å². The van der Waals surface area contributed by atoms with E-state index in [1.54, 1.807) is 6.07 Å². The van der Waals surface area contributed by atoms with Crippen LogP contribution in [0.25, 0.3) is 10.9 Å². The molecule has 0 saturated heterocycles. The summed E-state index contributed by atoms with van der Waals surface area (Å²) >= 11 is 6.10. The van der Waals surface area contributed by atoms with E-state index in [0.29, 0.717) is 16.5 Å². The molecule has 0 bridgehead atoms. The Labute approximate surface area is 124 Å². The molecule has 0 saturated carbocycles. The topological polar surface area (TPSA) is 50.2 Å². The monoisotopic (exact) mass is 301 g/mol. The van der Waals surface area contributed by atoms with Crippen LogP contribution >= 0.6 is 11.6 Å². The molecule has 0 radical (unpaired) electrons. The highest BCUT2D eigenvalue weighted by Gasteiger charge is 2.17. The number of aromatic hydroxyl groups is 1. The first-order valence-electron chi connectivity index (χ1n) is 6.14. The van der Waals surface area contributed by atoms with E-state index in [-0.39, 0.29) is 22.1 Å². The van der Waals surface area contributed by atoms with Crippen LogP contribution in [0, 0.1) is 5.82 Å². The van der Waals surface area contributed by atoms with Crippen molar-refractivity contribution in [1.29, 1.82) is 0 Å². The first-order valence-corrected chi connectivity index (χ1v) is 6.51. The first kappa shape index (κ1) is 13.5. The van der Waals surface area contributed by atoms with Crippen molar-refractivity contribution in [2.75, 3.05) is 0 Å². The molecule has 5 heteroatoms. The van der Waals surface area contributed by atoms with Crippen LogP contribution in [0.5, 0.6) is 5.75 Å². The van der Waals surface area contributed by atoms with Crippen molar-refractivity contribution in [3.63, 3.8) is 0 Å². The van der Waals surface area contributed by atoms with Crippen molar-refractivity contribution in [3.8, 4) is 5.75 Å². The molecule has 0 aliphatic heterocycles. The maximum Gasteiger partial charge on any atom is 0.195 e. The molecule has 3 aromatic rings. The average molecular weight is 302 g/mol. The van der Waals surface area contributed by atoms with E-state index in [1.807, 2.05) is 0 Å². The summed E-state index contributed by atoms with van der Waals surface area (Å²) in [5, 5.41) is 10.2. The SMILES string of the molecule is O=C(c1ccc(F)cc1)c1c(Cl)cnc2cc(O)ccc12. The number of aromatic nitrogens is 1. The second-order valence-electron chi connectivity index (χ2n) is 4.52. The number of pyridine rings is 1. The predicted octanol–water partition coefficient (Wildman–Crippen LogP) is 3.96. The highest BCUT2D eigenvalue weighted by molar-refractivity contribution is 6.36. The zero-order valence-electron chi connectivity index (χ0n) is 10.7. The van der Waals surface area contributed by atoms with Gasteiger partial charge in [0.05, 0.1) is 16.1 Å². The van der Waals surface area contributed by atoms with Crippen LogP contribution in [0.4, 0.5) is 4.39 Å². The first-order chi connectivity index (χ1) is 10.1. The molecular formula is C16H9ClFNO2. The zero-order valence-corrected chi connectivity index (χ0v) is 11.4. The van der Waals surface area contributed by atoms with Gasteiger partial charge in [-0.25, -0.2) is 4.39 Å². The van der Waals surface area contributed by atoms with Gasteiger partial charge in [-0.2, -0.15) is 0 Å². The second kappa shape index (κ2) is 5.14. The van der Waals surface area contributed by atoms with Gasteiger partial charge in [0.2, 0.25) is 0 Å². The van der Waals surface area contributed by atoms with Crippen molar-refractivity contribution in [1.82, 2.24) is 4.98 Å². The third-order valence-electron chi connectivity index (χ3n) is 3.14. The van der Waals surface area contributed by atoms with Gasteiger partial charge in [-0.1, -0.05) is 11.6 Å². The van der Waals surface area contributed by atoms with Crippen LogP contribution in [0.2, 0.25) is 5.02 Å². The Bertz CT molecular complexity index is 847. The molecule has 104 valence electrons. The highest BCUT2D eigenvalue weighted by atomic mass is 35.5. The van der Waals surface area contributed by atoms with E-state index >= 15 is 0 Å². The van der Waals surface area contributed by atoms with Gasteiger partial charge in [0.25, 0.3) is 0 Å². The van der Waals surface area contributed by atoms with Crippen LogP contribution < -0.4 is 0 Å². The lowest BCUT2D eigenvalue weighted by atomic mass is 9.99. The molecule has 3 rings (SSSR count). The number of phenols is 1. The number of rotatable bonds is 2. The van der Waals surface area contributed by atoms with E-state index in [2.05, 4.69) is 4.98 Å². The Morgan fingerprint density at radius 3 is 2.57 bits per heavy atom. The van der Waals surface area contributed by atoms with Gasteiger partial charge in [0, 0.05) is 23.2 Å². The molecule has 1 heterocycles. The average Bonchev–Trinajstić information content (AvgIpc) is 2.47. The summed E-state index contributed by atoms with van der Waals surface area (Å²) in [5.74, 6) is -0.683. The minimum absolute atomic E-state index is 0.0532. The summed E-state index contributed by atoms with van der Waals surface area (Å²) in [5.41, 5.74) is 1.08. The molecule has 0 unspecified atom stereocenters. The van der Waals surface area contributed by atoms with Crippen LogP contribution in [-0.2, 0) is 0 Å². The minimum Gasteiger partial charge on any atom is -0.508 e. The summed E-state index contributed by atoms with van der Waals surface area (Å²) in [7, 11) is 0. The van der Waals surface area contributed by atoms with Crippen molar-refractivity contribution < 1.29 is 14.3 Å². The molecule has 2 aromatic carbocycles. The third kappa shape index (κ3) is 2.45. The summed E-state index contributed by atoms with van der Waals surface area (Å²) in [4.78, 5) is 16.7. The molecule has 0 spiro atoms. The van der Waals surface area contributed by atoms with Crippen molar-refractivity contribution in [3.05, 3.63) is 70.6 Å².